The predicted octanol–water partition coefficient (Wildman–Crippen LogP) is 1.23. The average molecular weight is 285 g/mol. The Kier molecular flexibility index (Phi) is 5.35. The highest BCUT2D eigenvalue weighted by Crippen LogP contribution is 2.20. The second-order valence-corrected chi connectivity index (χ2v) is 4.77. The van der Waals surface area contributed by atoms with Crippen LogP contribution >= 0.6 is 0 Å². The fourth-order valence-corrected chi connectivity index (χ4v) is 2.22. The van der Waals surface area contributed by atoms with Crippen LogP contribution < -0.4 is 10.2 Å². The lowest BCUT2D eigenvalue weighted by Crippen LogP contribution is -2.25. The van der Waals surface area contributed by atoms with E-state index in [1.54, 1.807) is 18.3 Å². The number of nitrogens with zero attached hydrogens (tertiary/aromatic N) is 2. The van der Waals surface area contributed by atoms with Crippen LogP contribution in [-0.4, -0.2) is 43.2 Å². The highest BCUT2D eigenvalue weighted by atomic mass is 16.5. The van der Waals surface area contributed by atoms with Crippen LogP contribution in [0.15, 0.2) is 31.0 Å². The molecular formula is C16H19N3O2. The Morgan fingerprint density at radius 1 is 1.67 bits per heavy atom. The van der Waals surface area contributed by atoms with Gasteiger partial charge in [0, 0.05) is 19.3 Å². The Hall–Kier alpha value is -2.32. The van der Waals surface area contributed by atoms with Crippen LogP contribution in [0, 0.1) is 12.3 Å². The quantitative estimate of drug-likeness (QED) is 0.631. The van der Waals surface area contributed by atoms with E-state index in [1.807, 2.05) is 6.07 Å². The van der Waals surface area contributed by atoms with Gasteiger partial charge in [-0.05, 0) is 18.6 Å². The minimum Gasteiger partial charge on any atom is -0.372 e. The molecule has 0 saturated carbocycles. The first-order valence-electron chi connectivity index (χ1n) is 6.89. The zero-order valence-electron chi connectivity index (χ0n) is 11.9. The molecule has 1 saturated heterocycles. The summed E-state index contributed by atoms with van der Waals surface area (Å²) < 4.78 is 5.64. The summed E-state index contributed by atoms with van der Waals surface area (Å²) in [6, 6.07) is 3.60. The van der Waals surface area contributed by atoms with Crippen LogP contribution in [0.1, 0.15) is 16.8 Å². The minimum atomic E-state index is -0.208. The molecule has 1 unspecified atom stereocenters. The molecule has 1 atom stereocenters. The van der Waals surface area contributed by atoms with Crippen LogP contribution in [0.25, 0.3) is 0 Å². The number of aromatic nitrogens is 1. The first kappa shape index (κ1) is 15.1. The number of amides is 1. The predicted molar refractivity (Wildman–Crippen MR) is 82.2 cm³/mol. The summed E-state index contributed by atoms with van der Waals surface area (Å²) in [7, 11) is 0. The topological polar surface area (TPSA) is 54.5 Å². The first-order chi connectivity index (χ1) is 10.2. The van der Waals surface area contributed by atoms with Gasteiger partial charge in [0.05, 0.1) is 24.8 Å². The van der Waals surface area contributed by atoms with E-state index in [2.05, 4.69) is 27.7 Å². The van der Waals surface area contributed by atoms with Gasteiger partial charge in [0.1, 0.15) is 5.82 Å². The van der Waals surface area contributed by atoms with E-state index in [1.165, 1.54) is 0 Å². The van der Waals surface area contributed by atoms with E-state index in [4.69, 9.17) is 11.2 Å². The van der Waals surface area contributed by atoms with Gasteiger partial charge in [0.25, 0.3) is 5.91 Å². The molecule has 0 aliphatic carbocycles. The first-order valence-corrected chi connectivity index (χ1v) is 6.89. The smallest absolute Gasteiger partial charge is 0.253 e. The number of nitrogens with one attached hydrogen (secondary N) is 1. The van der Waals surface area contributed by atoms with E-state index in [9.17, 15) is 4.79 Å². The van der Waals surface area contributed by atoms with Crippen molar-refractivity contribution in [1.82, 2.24) is 10.3 Å². The van der Waals surface area contributed by atoms with Gasteiger partial charge < -0.3 is 15.0 Å². The standard InChI is InChI=1S/C16H19N3O2/c1-3-8-17-16(20)13-5-6-15(18-11-13)19-9-7-14(12-19)21-10-4-2/h1,4-6,11,14H,2,7-10,12H2,(H,17,20). The highest BCUT2D eigenvalue weighted by Gasteiger charge is 2.23. The molecular weight excluding hydrogens is 266 g/mol. The number of anilines is 1. The summed E-state index contributed by atoms with van der Waals surface area (Å²) in [5, 5.41) is 2.61. The molecule has 1 fully saturated rings. The Labute approximate surface area is 125 Å². The van der Waals surface area contributed by atoms with Gasteiger partial charge in [-0.25, -0.2) is 4.98 Å². The Morgan fingerprint density at radius 3 is 3.19 bits per heavy atom. The van der Waals surface area contributed by atoms with Gasteiger partial charge in [-0.2, -0.15) is 0 Å². The summed E-state index contributed by atoms with van der Waals surface area (Å²) in [6.07, 6.45) is 9.61. The summed E-state index contributed by atoms with van der Waals surface area (Å²) >= 11 is 0. The Balaban J connectivity index is 1.92. The summed E-state index contributed by atoms with van der Waals surface area (Å²) in [6.45, 7) is 6.14. The number of carbonyl (C=O) groups is 1. The third kappa shape index (κ3) is 4.07. The lowest BCUT2D eigenvalue weighted by molar-refractivity contribution is 0.0908. The molecule has 1 aliphatic heterocycles. The molecule has 0 spiro atoms. The SMILES string of the molecule is C#CCNC(=O)c1ccc(N2CCC(OCC=C)C2)nc1. The minimum absolute atomic E-state index is 0.208. The van der Waals surface area contributed by atoms with Gasteiger partial charge in [0.2, 0.25) is 0 Å². The van der Waals surface area contributed by atoms with Crippen molar-refractivity contribution in [3.05, 3.63) is 36.5 Å². The van der Waals surface area contributed by atoms with Crippen molar-refractivity contribution in [3.8, 4) is 12.3 Å². The molecule has 0 radical (unpaired) electrons. The molecule has 2 heterocycles. The van der Waals surface area contributed by atoms with Crippen molar-refractivity contribution in [2.75, 3.05) is 31.1 Å². The Bertz CT molecular complexity index is 533. The zero-order valence-corrected chi connectivity index (χ0v) is 11.9. The molecule has 21 heavy (non-hydrogen) atoms. The number of carbonyl (C=O) groups excluding carboxylic acids is 1. The maximum absolute atomic E-state index is 11.7. The normalized spacial score (nSPS) is 17.3. The second-order valence-electron chi connectivity index (χ2n) is 4.77. The van der Waals surface area contributed by atoms with Crippen LogP contribution in [0.3, 0.4) is 0 Å². The third-order valence-corrected chi connectivity index (χ3v) is 3.28. The molecule has 1 aliphatic rings. The van der Waals surface area contributed by atoms with Gasteiger partial charge in [0.15, 0.2) is 0 Å². The number of hydrogen-bond acceptors (Lipinski definition) is 4. The maximum Gasteiger partial charge on any atom is 0.253 e. The van der Waals surface area contributed by atoms with Gasteiger partial charge in [-0.3, -0.25) is 4.79 Å². The number of ether oxygens (including phenoxy) is 1. The summed E-state index contributed by atoms with van der Waals surface area (Å²) in [5.41, 5.74) is 0.507. The number of rotatable bonds is 6. The van der Waals surface area contributed by atoms with Crippen molar-refractivity contribution < 1.29 is 9.53 Å². The number of hydrogen-bond donors (Lipinski definition) is 1. The molecule has 2 rings (SSSR count). The summed E-state index contributed by atoms with van der Waals surface area (Å²) in [5.74, 6) is 3.01. The lowest BCUT2D eigenvalue weighted by atomic mass is 10.2. The highest BCUT2D eigenvalue weighted by molar-refractivity contribution is 5.94. The van der Waals surface area contributed by atoms with Crippen LogP contribution in [0.2, 0.25) is 0 Å². The maximum atomic E-state index is 11.7. The third-order valence-electron chi connectivity index (χ3n) is 3.28. The lowest BCUT2D eigenvalue weighted by Gasteiger charge is -2.17. The summed E-state index contributed by atoms with van der Waals surface area (Å²) in [4.78, 5) is 18.2. The van der Waals surface area contributed by atoms with Crippen molar-refractivity contribution in [1.29, 1.82) is 0 Å². The fourth-order valence-electron chi connectivity index (χ4n) is 2.22. The van der Waals surface area contributed by atoms with Gasteiger partial charge in [-0.15, -0.1) is 13.0 Å². The second kappa shape index (κ2) is 7.46. The fraction of sp³-hybridized carbons (Fsp3) is 0.375. The average Bonchev–Trinajstić information content (AvgIpc) is 2.99. The molecule has 1 amide bonds. The molecule has 0 bridgehead atoms. The van der Waals surface area contributed by atoms with Crippen LogP contribution in [-0.2, 0) is 4.74 Å². The molecule has 0 aromatic carbocycles. The van der Waals surface area contributed by atoms with E-state index in [0.717, 1.165) is 25.3 Å². The molecule has 5 heteroatoms. The number of terminal acetylenes is 1. The van der Waals surface area contributed by atoms with Crippen molar-refractivity contribution in [2.45, 2.75) is 12.5 Å². The molecule has 1 aromatic heterocycles. The Morgan fingerprint density at radius 2 is 2.52 bits per heavy atom. The van der Waals surface area contributed by atoms with Crippen LogP contribution in [0.5, 0.6) is 0 Å². The molecule has 5 nitrogen and oxygen atoms in total. The van der Waals surface area contributed by atoms with Crippen molar-refractivity contribution in [2.24, 2.45) is 0 Å². The molecule has 110 valence electrons. The largest absolute Gasteiger partial charge is 0.372 e. The van der Waals surface area contributed by atoms with Crippen LogP contribution in [0.4, 0.5) is 5.82 Å². The number of pyridine rings is 1. The van der Waals surface area contributed by atoms with Gasteiger partial charge in [-0.1, -0.05) is 12.0 Å². The van der Waals surface area contributed by atoms with E-state index in [-0.39, 0.29) is 18.6 Å². The van der Waals surface area contributed by atoms with Crippen molar-refractivity contribution in [3.63, 3.8) is 0 Å². The molecule has 1 N–H and O–H groups in total. The molecule has 1 aromatic rings. The van der Waals surface area contributed by atoms with E-state index >= 15 is 0 Å². The van der Waals surface area contributed by atoms with E-state index in [0.29, 0.717) is 12.2 Å². The monoisotopic (exact) mass is 285 g/mol. The van der Waals surface area contributed by atoms with Gasteiger partial charge >= 0.3 is 0 Å². The zero-order chi connectivity index (χ0) is 15.1. The van der Waals surface area contributed by atoms with E-state index < -0.39 is 0 Å². The van der Waals surface area contributed by atoms with Crippen molar-refractivity contribution >= 4 is 11.7 Å².